The number of nitrogens with one attached hydrogen (secondary N) is 1. The van der Waals surface area contributed by atoms with Gasteiger partial charge in [-0.25, -0.2) is 0 Å². The Labute approximate surface area is 161 Å². The van der Waals surface area contributed by atoms with E-state index in [1.54, 1.807) is 30.3 Å². The van der Waals surface area contributed by atoms with Crippen LogP contribution >= 0.6 is 23.4 Å². The molecule has 5 nitrogen and oxygen atoms in total. The number of benzene rings is 1. The number of thioether (sulfide) groups is 1. The summed E-state index contributed by atoms with van der Waals surface area (Å²) in [6.45, 7) is 0.447. The second-order valence-corrected chi connectivity index (χ2v) is 7.59. The summed E-state index contributed by atoms with van der Waals surface area (Å²) in [6, 6.07) is 7.03. The fraction of sp³-hybridized carbons (Fsp3) is 0.316. The van der Waals surface area contributed by atoms with Gasteiger partial charge in [-0.1, -0.05) is 35.9 Å². The number of carbonyl (C=O) groups excluding carboxylic acids is 3. The summed E-state index contributed by atoms with van der Waals surface area (Å²) in [5.41, 5.74) is 0.804. The van der Waals surface area contributed by atoms with Crippen LogP contribution in [0.15, 0.2) is 41.3 Å². The molecule has 26 heavy (non-hydrogen) atoms. The van der Waals surface area contributed by atoms with Gasteiger partial charge in [0.15, 0.2) is 0 Å². The summed E-state index contributed by atoms with van der Waals surface area (Å²) in [4.78, 5) is 38.2. The Morgan fingerprint density at radius 3 is 2.73 bits per heavy atom. The lowest BCUT2D eigenvalue weighted by molar-refractivity contribution is -0.126. The lowest BCUT2D eigenvalue weighted by Crippen LogP contribution is -2.39. The molecular formula is C19H19ClN2O3S. The maximum Gasteiger partial charge on any atom is 0.293 e. The number of allylic oxidation sites excluding steroid dienone is 2. The molecule has 0 radical (unpaired) electrons. The molecule has 0 spiro atoms. The number of carbonyl (C=O) groups is 3. The molecule has 7 heteroatoms. The first kappa shape index (κ1) is 18.7. The molecule has 1 N–H and O–H groups in total. The van der Waals surface area contributed by atoms with Crippen LogP contribution in [0, 0.1) is 5.92 Å². The number of hydrogen-bond acceptors (Lipinski definition) is 4. The van der Waals surface area contributed by atoms with Gasteiger partial charge in [0, 0.05) is 24.0 Å². The van der Waals surface area contributed by atoms with Crippen LogP contribution < -0.4 is 5.32 Å². The van der Waals surface area contributed by atoms with Crippen molar-refractivity contribution in [2.24, 2.45) is 5.92 Å². The van der Waals surface area contributed by atoms with Gasteiger partial charge in [-0.05, 0) is 54.8 Å². The predicted molar refractivity (Wildman–Crippen MR) is 104 cm³/mol. The molecule has 136 valence electrons. The highest BCUT2D eigenvalue weighted by atomic mass is 35.5. The van der Waals surface area contributed by atoms with E-state index in [0.717, 1.165) is 36.6 Å². The van der Waals surface area contributed by atoms with Crippen molar-refractivity contribution in [2.75, 3.05) is 13.1 Å². The molecular weight excluding hydrogens is 372 g/mol. The molecule has 1 saturated heterocycles. The molecule has 0 aromatic heterocycles. The molecule has 1 fully saturated rings. The molecule has 1 aliphatic heterocycles. The quantitative estimate of drug-likeness (QED) is 0.612. The third kappa shape index (κ3) is 4.56. The first-order chi connectivity index (χ1) is 12.5. The van der Waals surface area contributed by atoms with Crippen molar-refractivity contribution in [2.45, 2.75) is 19.3 Å². The summed E-state index contributed by atoms with van der Waals surface area (Å²) < 4.78 is 0. The zero-order valence-electron chi connectivity index (χ0n) is 14.1. The van der Waals surface area contributed by atoms with E-state index < -0.39 is 0 Å². The molecule has 1 aliphatic carbocycles. The van der Waals surface area contributed by atoms with E-state index in [1.165, 1.54) is 4.90 Å². The maximum absolute atomic E-state index is 12.4. The molecule has 1 aromatic rings. The average molecular weight is 391 g/mol. The molecule has 3 amide bonds. The molecule has 1 heterocycles. The Bertz CT molecular complexity index is 773. The lowest BCUT2D eigenvalue weighted by Gasteiger charge is -2.18. The molecule has 1 atom stereocenters. The van der Waals surface area contributed by atoms with E-state index in [1.807, 2.05) is 6.08 Å². The normalized spacial score (nSPS) is 21.5. The van der Waals surface area contributed by atoms with Gasteiger partial charge >= 0.3 is 0 Å². The second-order valence-electron chi connectivity index (χ2n) is 6.16. The van der Waals surface area contributed by atoms with Crippen molar-refractivity contribution in [3.05, 3.63) is 51.9 Å². The summed E-state index contributed by atoms with van der Waals surface area (Å²) in [5, 5.41) is 3.12. The van der Waals surface area contributed by atoms with Crippen LogP contribution in [0.1, 0.15) is 24.8 Å². The zero-order chi connectivity index (χ0) is 18.5. The second kappa shape index (κ2) is 8.56. The largest absolute Gasteiger partial charge is 0.354 e. The minimum Gasteiger partial charge on any atom is -0.354 e. The van der Waals surface area contributed by atoms with Crippen molar-refractivity contribution in [1.82, 2.24) is 10.2 Å². The minimum atomic E-state index is -0.329. The Morgan fingerprint density at radius 1 is 1.27 bits per heavy atom. The van der Waals surface area contributed by atoms with Crippen LogP contribution in [-0.4, -0.2) is 35.0 Å². The van der Waals surface area contributed by atoms with Crippen LogP contribution in [0.5, 0.6) is 0 Å². The number of imide groups is 1. The zero-order valence-corrected chi connectivity index (χ0v) is 15.7. The number of nitrogens with zero attached hydrogens (tertiary/aromatic N) is 1. The molecule has 0 unspecified atom stereocenters. The Hall–Kier alpha value is -2.05. The first-order valence-electron chi connectivity index (χ1n) is 8.48. The van der Waals surface area contributed by atoms with Gasteiger partial charge < -0.3 is 5.32 Å². The highest BCUT2D eigenvalue weighted by Crippen LogP contribution is 2.32. The maximum atomic E-state index is 12.4. The number of halogens is 1. The van der Waals surface area contributed by atoms with Crippen LogP contribution in [0.2, 0.25) is 5.02 Å². The first-order valence-corrected chi connectivity index (χ1v) is 9.67. The van der Waals surface area contributed by atoms with Crippen LogP contribution in [-0.2, 0) is 9.59 Å². The van der Waals surface area contributed by atoms with Gasteiger partial charge in [-0.2, -0.15) is 0 Å². The van der Waals surface area contributed by atoms with E-state index in [4.69, 9.17) is 11.6 Å². The van der Waals surface area contributed by atoms with E-state index >= 15 is 0 Å². The fourth-order valence-corrected chi connectivity index (χ4v) is 3.86. The highest BCUT2D eigenvalue weighted by molar-refractivity contribution is 8.18. The molecule has 3 rings (SSSR count). The fourth-order valence-electron chi connectivity index (χ4n) is 2.87. The summed E-state index contributed by atoms with van der Waals surface area (Å²) in [7, 11) is 0. The van der Waals surface area contributed by atoms with Crippen molar-refractivity contribution in [1.29, 1.82) is 0 Å². The van der Waals surface area contributed by atoms with Gasteiger partial charge in [-0.15, -0.1) is 0 Å². The Kier molecular flexibility index (Phi) is 6.16. The van der Waals surface area contributed by atoms with Crippen LogP contribution in [0.25, 0.3) is 6.08 Å². The topological polar surface area (TPSA) is 66.5 Å². The Morgan fingerprint density at radius 2 is 2.04 bits per heavy atom. The highest BCUT2D eigenvalue weighted by Gasteiger charge is 2.34. The van der Waals surface area contributed by atoms with E-state index in [0.29, 0.717) is 9.93 Å². The monoisotopic (exact) mass is 390 g/mol. The summed E-state index contributed by atoms with van der Waals surface area (Å²) in [6.07, 6.45) is 8.28. The smallest absolute Gasteiger partial charge is 0.293 e. The van der Waals surface area contributed by atoms with Gasteiger partial charge in [0.2, 0.25) is 5.91 Å². The third-order valence-electron chi connectivity index (χ3n) is 4.32. The summed E-state index contributed by atoms with van der Waals surface area (Å²) >= 11 is 6.76. The van der Waals surface area contributed by atoms with Crippen LogP contribution in [0.3, 0.4) is 0 Å². The van der Waals surface area contributed by atoms with E-state index in [2.05, 4.69) is 11.4 Å². The van der Waals surface area contributed by atoms with E-state index in [9.17, 15) is 14.4 Å². The van der Waals surface area contributed by atoms with Crippen molar-refractivity contribution >= 4 is 46.5 Å². The SMILES string of the molecule is O=C(NCCN1C(=O)S/C(=C/c2ccc(Cl)cc2)C1=O)[C@@H]1CC=CCC1. The molecule has 2 aliphatic rings. The predicted octanol–water partition coefficient (Wildman–Crippen LogP) is 3.85. The van der Waals surface area contributed by atoms with Gasteiger partial charge in [-0.3, -0.25) is 19.3 Å². The number of hydrogen-bond donors (Lipinski definition) is 1. The number of rotatable bonds is 5. The summed E-state index contributed by atoms with van der Waals surface area (Å²) in [5.74, 6) is -0.359. The average Bonchev–Trinajstić information content (AvgIpc) is 2.91. The minimum absolute atomic E-state index is 0.0142. The van der Waals surface area contributed by atoms with Crippen molar-refractivity contribution < 1.29 is 14.4 Å². The molecule has 1 aromatic carbocycles. The Balaban J connectivity index is 1.54. The van der Waals surface area contributed by atoms with Gasteiger partial charge in [0.25, 0.3) is 11.1 Å². The number of amides is 3. The van der Waals surface area contributed by atoms with Gasteiger partial charge in [0.05, 0.1) is 4.91 Å². The van der Waals surface area contributed by atoms with Gasteiger partial charge in [0.1, 0.15) is 0 Å². The van der Waals surface area contributed by atoms with E-state index in [-0.39, 0.29) is 36.1 Å². The standard InChI is InChI=1S/C19H19ClN2O3S/c20-15-8-6-13(7-9-15)12-16-18(24)22(19(25)26-16)11-10-21-17(23)14-4-2-1-3-5-14/h1-2,6-9,12,14H,3-5,10-11H2,(H,21,23)/b16-12+/t14-/m1/s1. The molecule has 0 bridgehead atoms. The van der Waals surface area contributed by atoms with Crippen molar-refractivity contribution in [3.8, 4) is 0 Å². The lowest BCUT2D eigenvalue weighted by atomic mass is 9.94. The van der Waals surface area contributed by atoms with Crippen molar-refractivity contribution in [3.63, 3.8) is 0 Å². The third-order valence-corrected chi connectivity index (χ3v) is 5.48. The molecule has 0 saturated carbocycles. The van der Waals surface area contributed by atoms with Crippen LogP contribution in [0.4, 0.5) is 4.79 Å².